The van der Waals surface area contributed by atoms with E-state index in [4.69, 9.17) is 9.40 Å². The van der Waals surface area contributed by atoms with Gasteiger partial charge in [-0.05, 0) is 110 Å². The fraction of sp³-hybridized carbons (Fsp3) is 0.293. The Kier molecular flexibility index (Phi) is 8.95. The number of nitriles is 1. The molecule has 0 atom stereocenters. The first-order valence-electron chi connectivity index (χ1n) is 17.6. The van der Waals surface area contributed by atoms with Crippen LogP contribution in [-0.4, -0.2) is 55.9 Å². The smallest absolute Gasteiger partial charge is 0.297 e. The highest BCUT2D eigenvalue weighted by molar-refractivity contribution is 5.90. The summed E-state index contributed by atoms with van der Waals surface area (Å²) in [6.07, 6.45) is 2.26. The van der Waals surface area contributed by atoms with Gasteiger partial charge in [0, 0.05) is 43.6 Å². The van der Waals surface area contributed by atoms with Crippen LogP contribution in [0, 0.1) is 25.2 Å². The molecule has 9 nitrogen and oxygen atoms in total. The molecular formula is C41H38F2N8O. The van der Waals surface area contributed by atoms with E-state index >= 15 is 0 Å². The van der Waals surface area contributed by atoms with Gasteiger partial charge in [-0.25, -0.2) is 23.7 Å². The Hall–Kier alpha value is -5.57. The second kappa shape index (κ2) is 13.9. The second-order valence-electron chi connectivity index (χ2n) is 13.8. The number of fused-ring (bicyclic) bond motifs is 2. The molecule has 2 fully saturated rings. The zero-order valence-electron chi connectivity index (χ0n) is 29.2. The summed E-state index contributed by atoms with van der Waals surface area (Å²) in [6, 6.07) is 19.8. The van der Waals surface area contributed by atoms with Gasteiger partial charge in [0.2, 0.25) is 5.89 Å². The topological polar surface area (TPSA) is 107 Å². The molecule has 0 radical (unpaired) electrons. The lowest BCUT2D eigenvalue weighted by atomic mass is 9.93. The molecule has 0 spiro atoms. The molecule has 3 aromatic heterocycles. The van der Waals surface area contributed by atoms with Crippen molar-refractivity contribution < 1.29 is 13.2 Å². The van der Waals surface area contributed by atoms with Gasteiger partial charge < -0.3 is 9.73 Å². The van der Waals surface area contributed by atoms with Crippen LogP contribution in [0.2, 0.25) is 0 Å². The number of halogens is 2. The first-order valence-corrected chi connectivity index (χ1v) is 17.6. The van der Waals surface area contributed by atoms with Gasteiger partial charge in [0.05, 0.1) is 11.1 Å². The molecule has 11 heteroatoms. The summed E-state index contributed by atoms with van der Waals surface area (Å²) in [6.45, 7) is 13.4. The molecule has 0 aliphatic carbocycles. The minimum atomic E-state index is -2.83. The van der Waals surface area contributed by atoms with Crippen molar-refractivity contribution in [3.63, 3.8) is 0 Å². The number of hydrogen-bond donors (Lipinski definition) is 1. The average molecular weight is 697 g/mol. The molecule has 3 aromatic carbocycles. The number of likely N-dealkylation sites (tertiary alicyclic amines) is 2. The Morgan fingerprint density at radius 1 is 0.885 bits per heavy atom. The third-order valence-electron chi connectivity index (χ3n) is 10.2. The third-order valence-corrected chi connectivity index (χ3v) is 10.2. The lowest BCUT2D eigenvalue weighted by Gasteiger charge is -2.17. The molecular weight excluding hydrogens is 659 g/mol. The van der Waals surface area contributed by atoms with Crippen LogP contribution in [0.1, 0.15) is 59.3 Å². The number of nitrogens with zero attached hydrogens (tertiary/aromatic N) is 7. The number of oxazole rings is 1. The monoisotopic (exact) mass is 696 g/mol. The van der Waals surface area contributed by atoms with Crippen LogP contribution < -0.4 is 5.32 Å². The molecule has 2 saturated heterocycles. The normalized spacial score (nSPS) is 15.3. The predicted molar refractivity (Wildman–Crippen MR) is 198 cm³/mol. The van der Waals surface area contributed by atoms with Crippen molar-refractivity contribution in [2.75, 3.05) is 31.5 Å². The van der Waals surface area contributed by atoms with Crippen molar-refractivity contribution >= 4 is 33.6 Å². The highest BCUT2D eigenvalue weighted by Crippen LogP contribution is 2.38. The van der Waals surface area contributed by atoms with E-state index in [1.807, 2.05) is 68.4 Å². The maximum absolute atomic E-state index is 14.0. The highest BCUT2D eigenvalue weighted by atomic mass is 19.3. The summed E-state index contributed by atoms with van der Waals surface area (Å²) in [4.78, 5) is 22.6. The quantitative estimate of drug-likeness (QED) is 0.148. The Balaban J connectivity index is 1.12. The highest BCUT2D eigenvalue weighted by Gasteiger charge is 2.22. The van der Waals surface area contributed by atoms with Gasteiger partial charge in [-0.1, -0.05) is 36.4 Å². The molecule has 262 valence electrons. The van der Waals surface area contributed by atoms with Gasteiger partial charge in [0.25, 0.3) is 6.43 Å². The lowest BCUT2D eigenvalue weighted by Crippen LogP contribution is -2.18. The molecule has 0 bridgehead atoms. The summed E-state index contributed by atoms with van der Waals surface area (Å²) in [5, 5.41) is 13.3. The Morgan fingerprint density at radius 2 is 1.62 bits per heavy atom. The fourth-order valence-corrected chi connectivity index (χ4v) is 7.46. The number of alkyl halides is 2. The van der Waals surface area contributed by atoms with E-state index in [1.54, 1.807) is 6.20 Å². The summed E-state index contributed by atoms with van der Waals surface area (Å²) in [5.74, 6) is 0.124. The molecule has 52 heavy (non-hydrogen) atoms. The number of benzene rings is 3. The maximum Gasteiger partial charge on any atom is 0.297 e. The predicted octanol–water partition coefficient (Wildman–Crippen LogP) is 9.03. The van der Waals surface area contributed by atoms with Crippen LogP contribution in [0.3, 0.4) is 0 Å². The van der Waals surface area contributed by atoms with Crippen molar-refractivity contribution in [1.29, 1.82) is 5.26 Å². The van der Waals surface area contributed by atoms with Crippen molar-refractivity contribution in [3.05, 3.63) is 107 Å². The lowest BCUT2D eigenvalue weighted by molar-refractivity contribution is 0.141. The van der Waals surface area contributed by atoms with E-state index in [-0.39, 0.29) is 5.82 Å². The third kappa shape index (κ3) is 6.51. The number of pyridine rings is 1. The van der Waals surface area contributed by atoms with E-state index in [9.17, 15) is 14.0 Å². The zero-order chi connectivity index (χ0) is 35.9. The number of nitrogens with one attached hydrogen (secondary N) is 1. The van der Waals surface area contributed by atoms with Crippen LogP contribution in [0.5, 0.6) is 0 Å². The number of aromatic nitrogens is 4. The van der Waals surface area contributed by atoms with E-state index in [0.29, 0.717) is 52.4 Å². The van der Waals surface area contributed by atoms with Gasteiger partial charge in [0.1, 0.15) is 17.1 Å². The molecule has 2 aliphatic rings. The van der Waals surface area contributed by atoms with Crippen LogP contribution in [0.25, 0.3) is 44.7 Å². The van der Waals surface area contributed by atoms with Crippen LogP contribution in [-0.2, 0) is 13.1 Å². The van der Waals surface area contributed by atoms with E-state index in [1.165, 1.54) is 5.57 Å². The first-order chi connectivity index (χ1) is 25.2. The first kappa shape index (κ1) is 33.6. The Bertz CT molecular complexity index is 2390. The molecule has 0 saturated carbocycles. The molecule has 8 rings (SSSR count). The number of hydrogen-bond acceptors (Lipinski definition) is 9. The number of rotatable bonds is 9. The standard InChI is InChI=1S/C41H38F2N8O/c1-24-12-15-51(21-24)22-27-16-29(19-44)37-35(17-27)48-41(52-37)32-10-6-8-30(25(32)2)31-9-7-11-33(26(31)3)46-39-36-34(47-40(49-39)38(42)43)18-28(20-45-36)23-50-13-4-5-14-50/h6-11,16-18,20,38H,1,4-5,12-15,21-23H2,2-3H3,(H,46,47,49). The Morgan fingerprint density at radius 3 is 2.37 bits per heavy atom. The summed E-state index contributed by atoms with van der Waals surface area (Å²) >= 11 is 0. The van der Waals surface area contributed by atoms with Gasteiger partial charge in [-0.15, -0.1) is 0 Å². The minimum absolute atomic E-state index is 0.229. The summed E-state index contributed by atoms with van der Waals surface area (Å²) in [5.41, 5.74) is 10.8. The van der Waals surface area contributed by atoms with Gasteiger partial charge >= 0.3 is 0 Å². The minimum Gasteiger partial charge on any atom is -0.435 e. The largest absolute Gasteiger partial charge is 0.435 e. The second-order valence-corrected chi connectivity index (χ2v) is 13.8. The zero-order valence-corrected chi connectivity index (χ0v) is 29.2. The molecule has 2 aliphatic heterocycles. The van der Waals surface area contributed by atoms with E-state index < -0.39 is 12.2 Å². The van der Waals surface area contributed by atoms with Crippen molar-refractivity contribution in [2.45, 2.75) is 52.6 Å². The number of anilines is 2. The maximum atomic E-state index is 14.0. The van der Waals surface area contributed by atoms with Gasteiger partial charge in [-0.3, -0.25) is 14.8 Å². The Labute approximate surface area is 300 Å². The van der Waals surface area contributed by atoms with Crippen LogP contribution >= 0.6 is 0 Å². The van der Waals surface area contributed by atoms with Gasteiger partial charge in [0.15, 0.2) is 17.2 Å². The molecule has 5 heterocycles. The summed E-state index contributed by atoms with van der Waals surface area (Å²) < 4.78 is 34.4. The van der Waals surface area contributed by atoms with Crippen LogP contribution in [0.15, 0.2) is 77.4 Å². The van der Waals surface area contributed by atoms with Crippen LogP contribution in [0.4, 0.5) is 20.3 Å². The van der Waals surface area contributed by atoms with Crippen molar-refractivity contribution in [1.82, 2.24) is 29.7 Å². The molecule has 0 unspecified atom stereocenters. The molecule has 6 aromatic rings. The SMILES string of the molecule is C=C1CCN(Cc2cc(C#N)c3oc(-c4cccc(-c5cccc(Nc6nc(C(F)F)nc7cc(CN8CCCC8)cnc67)c5C)c4C)nc3c2)C1. The van der Waals surface area contributed by atoms with Crippen molar-refractivity contribution in [3.8, 4) is 28.7 Å². The van der Waals surface area contributed by atoms with Gasteiger partial charge in [-0.2, -0.15) is 5.26 Å². The summed E-state index contributed by atoms with van der Waals surface area (Å²) in [7, 11) is 0. The van der Waals surface area contributed by atoms with E-state index in [2.05, 4.69) is 42.7 Å². The molecule has 1 N–H and O–H groups in total. The fourth-order valence-electron chi connectivity index (χ4n) is 7.46. The average Bonchev–Trinajstić information content (AvgIpc) is 3.90. The van der Waals surface area contributed by atoms with E-state index in [0.717, 1.165) is 84.4 Å². The van der Waals surface area contributed by atoms with Crippen molar-refractivity contribution in [2.24, 2.45) is 0 Å². The molecule has 0 amide bonds.